The Bertz CT molecular complexity index is 625. The highest BCUT2D eigenvalue weighted by atomic mass is 32.2. The van der Waals surface area contributed by atoms with E-state index in [1.54, 1.807) is 28.2 Å². The molecule has 2 saturated heterocycles. The first kappa shape index (κ1) is 15.0. The van der Waals surface area contributed by atoms with Gasteiger partial charge in [-0.25, -0.2) is 8.42 Å². The molecule has 2 aliphatic heterocycles. The Kier molecular flexibility index (Phi) is 3.85. The summed E-state index contributed by atoms with van der Waals surface area (Å²) >= 11 is 0. The average molecular weight is 313 g/mol. The van der Waals surface area contributed by atoms with Crippen LogP contribution in [0.3, 0.4) is 0 Å². The summed E-state index contributed by atoms with van der Waals surface area (Å²) in [5.41, 5.74) is 0.612. The van der Waals surface area contributed by atoms with Crippen LogP contribution in [0.25, 0.3) is 0 Å². The molecule has 2 aliphatic rings. The highest BCUT2D eigenvalue weighted by molar-refractivity contribution is 7.89. The number of fused-ring (bicyclic) bond motifs is 1. The van der Waals surface area contributed by atoms with Gasteiger partial charge in [-0.15, -0.1) is 0 Å². The highest BCUT2D eigenvalue weighted by Crippen LogP contribution is 2.29. The zero-order chi connectivity index (χ0) is 15.2. The fourth-order valence-corrected chi connectivity index (χ4v) is 5.26. The van der Waals surface area contributed by atoms with Gasteiger partial charge in [0.05, 0.1) is 6.61 Å². The summed E-state index contributed by atoms with van der Waals surface area (Å²) in [5, 5.41) is 9.25. The molecular weight excluding hydrogens is 290 g/mol. The van der Waals surface area contributed by atoms with Crippen LogP contribution in [0, 0.1) is 0 Å². The molecule has 21 heavy (non-hydrogen) atoms. The molecule has 0 aliphatic carbocycles. The quantitative estimate of drug-likeness (QED) is 0.876. The van der Waals surface area contributed by atoms with E-state index in [1.807, 2.05) is 6.92 Å². The van der Waals surface area contributed by atoms with Gasteiger partial charge in [-0.05, 0) is 32.4 Å². The van der Waals surface area contributed by atoms with E-state index >= 15 is 0 Å². The van der Waals surface area contributed by atoms with E-state index in [0.717, 1.165) is 25.9 Å². The second-order valence-corrected chi connectivity index (χ2v) is 8.04. The minimum absolute atomic E-state index is 0.0119. The first-order chi connectivity index (χ1) is 9.93. The summed E-state index contributed by atoms with van der Waals surface area (Å²) < 4.78 is 29.1. The van der Waals surface area contributed by atoms with Crippen molar-refractivity contribution in [1.82, 2.24) is 13.8 Å². The van der Waals surface area contributed by atoms with Gasteiger partial charge in [-0.2, -0.15) is 4.31 Å². The van der Waals surface area contributed by atoms with Gasteiger partial charge in [0.2, 0.25) is 10.0 Å². The Morgan fingerprint density at radius 2 is 2.14 bits per heavy atom. The van der Waals surface area contributed by atoms with E-state index in [1.165, 1.54) is 0 Å². The van der Waals surface area contributed by atoms with E-state index in [-0.39, 0.29) is 17.5 Å². The molecule has 0 amide bonds. The van der Waals surface area contributed by atoms with Crippen LogP contribution in [-0.4, -0.2) is 59.0 Å². The van der Waals surface area contributed by atoms with Crippen LogP contribution in [0.1, 0.15) is 25.5 Å². The lowest BCUT2D eigenvalue weighted by atomic mass is 10.1. The fourth-order valence-electron chi connectivity index (χ4n) is 3.51. The zero-order valence-corrected chi connectivity index (χ0v) is 13.4. The van der Waals surface area contributed by atoms with E-state index in [0.29, 0.717) is 18.3 Å². The Hall–Kier alpha value is -0.890. The summed E-state index contributed by atoms with van der Waals surface area (Å²) in [6, 6.07) is 1.92. The van der Waals surface area contributed by atoms with E-state index in [9.17, 15) is 13.5 Å². The molecule has 2 fully saturated rings. The predicted octanol–water partition coefficient (Wildman–Crippen LogP) is 0.375. The van der Waals surface area contributed by atoms with Gasteiger partial charge >= 0.3 is 0 Å². The third-order valence-electron chi connectivity index (χ3n) is 4.73. The number of rotatable bonds is 3. The molecule has 1 aromatic heterocycles. The predicted molar refractivity (Wildman–Crippen MR) is 79.3 cm³/mol. The van der Waals surface area contributed by atoms with Crippen molar-refractivity contribution in [3.05, 3.63) is 18.0 Å². The molecule has 0 saturated carbocycles. The van der Waals surface area contributed by atoms with E-state index < -0.39 is 10.0 Å². The van der Waals surface area contributed by atoms with Gasteiger partial charge in [-0.1, -0.05) is 0 Å². The first-order valence-electron chi connectivity index (χ1n) is 7.45. The number of hydrogen-bond acceptors (Lipinski definition) is 4. The summed E-state index contributed by atoms with van der Waals surface area (Å²) in [4.78, 5) is 2.69. The molecule has 3 rings (SSSR count). The maximum atomic E-state index is 12.9. The number of hydrogen-bond donors (Lipinski definition) is 1. The Labute approximate surface area is 126 Å². The SMILES string of the molecule is CC1CN2CCCC2CN1S(=O)(=O)c1cc(CO)n(C)c1. The van der Waals surface area contributed by atoms with Crippen LogP contribution in [0.5, 0.6) is 0 Å². The molecule has 2 atom stereocenters. The summed E-state index contributed by atoms with van der Waals surface area (Å²) in [7, 11) is -1.73. The highest BCUT2D eigenvalue weighted by Gasteiger charge is 2.40. The molecule has 2 unspecified atom stereocenters. The number of aryl methyl sites for hydroxylation is 1. The molecule has 0 radical (unpaired) electrons. The smallest absolute Gasteiger partial charge is 0.244 e. The van der Waals surface area contributed by atoms with Crippen molar-refractivity contribution in [3.8, 4) is 0 Å². The Morgan fingerprint density at radius 1 is 1.38 bits per heavy atom. The van der Waals surface area contributed by atoms with Gasteiger partial charge in [-0.3, -0.25) is 4.90 Å². The molecule has 3 heterocycles. The minimum atomic E-state index is -3.49. The standard InChI is InChI=1S/C14H23N3O3S/c1-11-7-16-5-3-4-12(16)8-17(11)21(19,20)14-6-13(10-18)15(2)9-14/h6,9,11-12,18H,3-5,7-8,10H2,1-2H3. The van der Waals surface area contributed by atoms with Gasteiger partial charge < -0.3 is 9.67 Å². The summed E-state index contributed by atoms with van der Waals surface area (Å²) in [6.45, 7) is 4.29. The molecule has 7 heteroatoms. The van der Waals surface area contributed by atoms with Gasteiger partial charge in [0.25, 0.3) is 0 Å². The molecular formula is C14H23N3O3S. The van der Waals surface area contributed by atoms with Crippen molar-refractivity contribution < 1.29 is 13.5 Å². The molecule has 1 aromatic rings. The number of aliphatic hydroxyl groups is 1. The zero-order valence-electron chi connectivity index (χ0n) is 12.6. The largest absolute Gasteiger partial charge is 0.390 e. The van der Waals surface area contributed by atoms with Crippen molar-refractivity contribution in [2.75, 3.05) is 19.6 Å². The average Bonchev–Trinajstić information content (AvgIpc) is 3.03. The van der Waals surface area contributed by atoms with Crippen molar-refractivity contribution in [2.24, 2.45) is 7.05 Å². The van der Waals surface area contributed by atoms with Crippen LogP contribution in [0.2, 0.25) is 0 Å². The minimum Gasteiger partial charge on any atom is -0.390 e. The number of sulfonamides is 1. The van der Waals surface area contributed by atoms with E-state index in [2.05, 4.69) is 4.90 Å². The lowest BCUT2D eigenvalue weighted by Gasteiger charge is -2.41. The fraction of sp³-hybridized carbons (Fsp3) is 0.714. The van der Waals surface area contributed by atoms with Gasteiger partial charge in [0.1, 0.15) is 4.90 Å². The number of aromatic nitrogens is 1. The molecule has 0 bridgehead atoms. The third kappa shape index (κ3) is 2.52. The molecule has 6 nitrogen and oxygen atoms in total. The topological polar surface area (TPSA) is 65.8 Å². The second-order valence-electron chi connectivity index (χ2n) is 6.15. The van der Waals surface area contributed by atoms with Crippen LogP contribution in [0.4, 0.5) is 0 Å². The Morgan fingerprint density at radius 3 is 2.81 bits per heavy atom. The van der Waals surface area contributed by atoms with Crippen molar-refractivity contribution in [2.45, 2.75) is 43.4 Å². The maximum Gasteiger partial charge on any atom is 0.244 e. The number of nitrogens with zero attached hydrogens (tertiary/aromatic N) is 3. The van der Waals surface area contributed by atoms with Crippen LogP contribution in [0.15, 0.2) is 17.2 Å². The normalized spacial score (nSPS) is 28.0. The van der Waals surface area contributed by atoms with E-state index in [4.69, 9.17) is 0 Å². The van der Waals surface area contributed by atoms with Crippen LogP contribution < -0.4 is 0 Å². The molecule has 1 N–H and O–H groups in total. The van der Waals surface area contributed by atoms with Gasteiger partial charge in [0.15, 0.2) is 0 Å². The number of aliphatic hydroxyl groups excluding tert-OH is 1. The molecule has 0 spiro atoms. The first-order valence-corrected chi connectivity index (χ1v) is 8.89. The maximum absolute atomic E-state index is 12.9. The van der Waals surface area contributed by atoms with Crippen LogP contribution in [-0.2, 0) is 23.7 Å². The third-order valence-corrected chi connectivity index (χ3v) is 6.68. The van der Waals surface area contributed by atoms with Crippen molar-refractivity contribution >= 4 is 10.0 Å². The lowest BCUT2D eigenvalue weighted by molar-refractivity contribution is 0.117. The monoisotopic (exact) mass is 313 g/mol. The number of piperazine rings is 1. The van der Waals surface area contributed by atoms with Crippen molar-refractivity contribution in [1.29, 1.82) is 0 Å². The summed E-state index contributed by atoms with van der Waals surface area (Å²) in [5.74, 6) is 0. The lowest BCUT2D eigenvalue weighted by Crippen LogP contribution is -2.56. The summed E-state index contributed by atoms with van der Waals surface area (Å²) in [6.07, 6.45) is 3.83. The van der Waals surface area contributed by atoms with Crippen molar-refractivity contribution in [3.63, 3.8) is 0 Å². The Balaban J connectivity index is 1.89. The second kappa shape index (κ2) is 5.39. The van der Waals surface area contributed by atoms with Crippen LogP contribution >= 0.6 is 0 Å². The molecule has 118 valence electrons. The molecule has 0 aromatic carbocycles. The van der Waals surface area contributed by atoms with Gasteiger partial charge in [0, 0.05) is 44.1 Å².